The van der Waals surface area contributed by atoms with Crippen LogP contribution in [0.5, 0.6) is 0 Å². The van der Waals surface area contributed by atoms with Gasteiger partial charge in [-0.15, -0.1) is 0 Å². The summed E-state index contributed by atoms with van der Waals surface area (Å²) in [6.07, 6.45) is 3.33. The molecular weight excluding hydrogens is 420 g/mol. The molecule has 2 aliphatic rings. The molecule has 0 aromatic heterocycles. The van der Waals surface area contributed by atoms with Crippen LogP contribution in [0, 0.1) is 5.92 Å². The van der Waals surface area contributed by atoms with E-state index in [2.05, 4.69) is 16.0 Å². The van der Waals surface area contributed by atoms with E-state index in [1.54, 1.807) is 24.3 Å². The largest absolute Gasteiger partial charge is 0.348 e. The van der Waals surface area contributed by atoms with Crippen LogP contribution in [-0.2, 0) is 16.1 Å². The first-order valence-electron chi connectivity index (χ1n) is 11.3. The van der Waals surface area contributed by atoms with Crippen LogP contribution in [-0.4, -0.2) is 40.7 Å². The summed E-state index contributed by atoms with van der Waals surface area (Å²) in [7, 11) is 0. The van der Waals surface area contributed by atoms with E-state index in [1.807, 2.05) is 37.3 Å². The Bertz CT molecular complexity index is 1070. The number of urea groups is 1. The number of hydrogen-bond acceptors (Lipinski definition) is 4. The second kappa shape index (κ2) is 9.44. The normalized spacial score (nSPS) is 22.2. The summed E-state index contributed by atoms with van der Waals surface area (Å²) >= 11 is 0. The molecule has 2 aromatic rings. The van der Waals surface area contributed by atoms with Gasteiger partial charge in [0.05, 0.1) is 11.3 Å². The van der Waals surface area contributed by atoms with Gasteiger partial charge in [-0.2, -0.15) is 0 Å². The molecule has 8 heteroatoms. The minimum absolute atomic E-state index is 0.0183. The van der Waals surface area contributed by atoms with Crippen LogP contribution in [0.15, 0.2) is 54.6 Å². The summed E-state index contributed by atoms with van der Waals surface area (Å²) < 4.78 is 0. The SMILES string of the molecule is C[C@@H]1CCCC[C@]12NC(=O)N(CC(=O)Nc1ccccc1C(=O)NCc1ccccc1)C2=O. The number of para-hydroxylation sites is 1. The molecule has 2 atom stereocenters. The number of nitrogens with zero attached hydrogens (tertiary/aromatic N) is 1. The summed E-state index contributed by atoms with van der Waals surface area (Å²) in [5, 5.41) is 8.37. The second-order valence-corrected chi connectivity index (χ2v) is 8.70. The molecule has 172 valence electrons. The van der Waals surface area contributed by atoms with Crippen molar-refractivity contribution in [2.45, 2.75) is 44.7 Å². The Kier molecular flexibility index (Phi) is 6.44. The van der Waals surface area contributed by atoms with Crippen molar-refractivity contribution in [1.29, 1.82) is 0 Å². The zero-order valence-electron chi connectivity index (χ0n) is 18.6. The van der Waals surface area contributed by atoms with Crippen LogP contribution in [0.25, 0.3) is 0 Å². The van der Waals surface area contributed by atoms with Crippen LogP contribution < -0.4 is 16.0 Å². The molecular formula is C25H28N4O4. The molecule has 33 heavy (non-hydrogen) atoms. The molecule has 1 saturated heterocycles. The fraction of sp³-hybridized carbons (Fsp3) is 0.360. The van der Waals surface area contributed by atoms with Crippen molar-refractivity contribution < 1.29 is 19.2 Å². The van der Waals surface area contributed by atoms with Gasteiger partial charge >= 0.3 is 6.03 Å². The maximum atomic E-state index is 13.1. The fourth-order valence-electron chi connectivity index (χ4n) is 4.64. The number of anilines is 1. The Morgan fingerprint density at radius 3 is 2.55 bits per heavy atom. The lowest BCUT2D eigenvalue weighted by Gasteiger charge is -2.36. The van der Waals surface area contributed by atoms with Crippen molar-refractivity contribution in [2.24, 2.45) is 5.92 Å². The van der Waals surface area contributed by atoms with E-state index < -0.39 is 24.0 Å². The van der Waals surface area contributed by atoms with Gasteiger partial charge in [0.15, 0.2) is 0 Å². The van der Waals surface area contributed by atoms with Gasteiger partial charge in [0, 0.05) is 6.54 Å². The quantitative estimate of drug-likeness (QED) is 0.590. The van der Waals surface area contributed by atoms with E-state index in [-0.39, 0.29) is 17.7 Å². The number of carbonyl (C=O) groups excluding carboxylic acids is 4. The Morgan fingerprint density at radius 1 is 1.06 bits per heavy atom. The molecule has 1 heterocycles. The first kappa shape index (κ1) is 22.5. The maximum absolute atomic E-state index is 13.1. The summed E-state index contributed by atoms with van der Waals surface area (Å²) in [5.41, 5.74) is 0.666. The highest BCUT2D eigenvalue weighted by molar-refractivity contribution is 6.11. The van der Waals surface area contributed by atoms with Crippen LogP contribution in [0.3, 0.4) is 0 Å². The topological polar surface area (TPSA) is 108 Å². The van der Waals surface area contributed by atoms with Crippen molar-refractivity contribution in [3.8, 4) is 0 Å². The zero-order valence-corrected chi connectivity index (χ0v) is 18.6. The average molecular weight is 449 g/mol. The molecule has 1 aliphatic heterocycles. The van der Waals surface area contributed by atoms with Gasteiger partial charge in [0.2, 0.25) is 5.91 Å². The molecule has 5 amide bonds. The highest BCUT2D eigenvalue weighted by Crippen LogP contribution is 2.38. The molecule has 0 radical (unpaired) electrons. The lowest BCUT2D eigenvalue weighted by atomic mass is 9.73. The molecule has 0 bridgehead atoms. The van der Waals surface area contributed by atoms with Crippen LogP contribution in [0.4, 0.5) is 10.5 Å². The number of benzene rings is 2. The fourth-order valence-corrected chi connectivity index (χ4v) is 4.64. The predicted molar refractivity (Wildman–Crippen MR) is 123 cm³/mol. The second-order valence-electron chi connectivity index (χ2n) is 8.70. The lowest BCUT2D eigenvalue weighted by molar-refractivity contribution is -0.136. The molecule has 0 unspecified atom stereocenters. The van der Waals surface area contributed by atoms with E-state index in [0.29, 0.717) is 24.2 Å². The van der Waals surface area contributed by atoms with Gasteiger partial charge < -0.3 is 16.0 Å². The van der Waals surface area contributed by atoms with Gasteiger partial charge in [-0.05, 0) is 36.5 Å². The maximum Gasteiger partial charge on any atom is 0.325 e. The predicted octanol–water partition coefficient (Wildman–Crippen LogP) is 3.06. The van der Waals surface area contributed by atoms with E-state index in [1.165, 1.54) is 0 Å². The van der Waals surface area contributed by atoms with E-state index in [9.17, 15) is 19.2 Å². The van der Waals surface area contributed by atoms with Gasteiger partial charge in [-0.3, -0.25) is 19.3 Å². The number of amides is 5. The van der Waals surface area contributed by atoms with Crippen molar-refractivity contribution in [3.05, 3.63) is 65.7 Å². The summed E-state index contributed by atoms with van der Waals surface area (Å²) in [6.45, 7) is 1.91. The highest BCUT2D eigenvalue weighted by Gasteiger charge is 2.55. The minimum atomic E-state index is -0.912. The van der Waals surface area contributed by atoms with Gasteiger partial charge in [0.1, 0.15) is 12.1 Å². The molecule has 4 rings (SSSR count). The van der Waals surface area contributed by atoms with Crippen molar-refractivity contribution in [2.75, 3.05) is 11.9 Å². The Labute approximate surface area is 192 Å². The van der Waals surface area contributed by atoms with Crippen LogP contribution in [0.2, 0.25) is 0 Å². The van der Waals surface area contributed by atoms with Gasteiger partial charge in [-0.25, -0.2) is 4.79 Å². The molecule has 8 nitrogen and oxygen atoms in total. The number of hydrogen-bond donors (Lipinski definition) is 3. The first-order chi connectivity index (χ1) is 15.9. The summed E-state index contributed by atoms with van der Waals surface area (Å²) in [5.74, 6) is -1.20. The summed E-state index contributed by atoms with van der Waals surface area (Å²) in [6, 6.07) is 15.6. The molecule has 3 N–H and O–H groups in total. The average Bonchev–Trinajstić information content (AvgIpc) is 3.05. The van der Waals surface area contributed by atoms with E-state index in [0.717, 1.165) is 29.7 Å². The highest BCUT2D eigenvalue weighted by atomic mass is 16.2. The third kappa shape index (κ3) is 4.60. The van der Waals surface area contributed by atoms with Crippen molar-refractivity contribution in [3.63, 3.8) is 0 Å². The van der Waals surface area contributed by atoms with Crippen molar-refractivity contribution >= 4 is 29.4 Å². The standard InChI is InChI=1S/C25H28N4O4/c1-17-9-7-8-14-25(17)23(32)29(24(33)28-25)16-21(30)27-20-13-6-5-12-19(20)22(31)26-15-18-10-3-2-4-11-18/h2-6,10-13,17H,7-9,14-16H2,1H3,(H,26,31)(H,27,30)(H,28,33)/t17-,25+/m1/s1. The molecule has 2 fully saturated rings. The number of carbonyl (C=O) groups is 4. The minimum Gasteiger partial charge on any atom is -0.348 e. The Balaban J connectivity index is 1.41. The van der Waals surface area contributed by atoms with Crippen LogP contribution >= 0.6 is 0 Å². The number of rotatable bonds is 6. The molecule has 1 aliphatic carbocycles. The van der Waals surface area contributed by atoms with Crippen molar-refractivity contribution in [1.82, 2.24) is 15.5 Å². The monoisotopic (exact) mass is 448 g/mol. The Hall–Kier alpha value is -3.68. The number of imide groups is 1. The van der Waals surface area contributed by atoms with Gasteiger partial charge in [-0.1, -0.05) is 62.2 Å². The summed E-state index contributed by atoms with van der Waals surface area (Å²) in [4.78, 5) is 52.1. The first-order valence-corrected chi connectivity index (χ1v) is 11.3. The molecule has 2 aromatic carbocycles. The zero-order chi connectivity index (χ0) is 23.4. The third-order valence-corrected chi connectivity index (χ3v) is 6.54. The van der Waals surface area contributed by atoms with E-state index >= 15 is 0 Å². The molecule has 1 spiro atoms. The number of nitrogens with one attached hydrogen (secondary N) is 3. The van der Waals surface area contributed by atoms with Crippen LogP contribution in [0.1, 0.15) is 48.5 Å². The smallest absolute Gasteiger partial charge is 0.325 e. The molecule has 1 saturated carbocycles. The Morgan fingerprint density at radius 2 is 1.79 bits per heavy atom. The van der Waals surface area contributed by atoms with Gasteiger partial charge in [0.25, 0.3) is 11.8 Å². The lowest BCUT2D eigenvalue weighted by Crippen LogP contribution is -2.54. The third-order valence-electron chi connectivity index (χ3n) is 6.54. The van der Waals surface area contributed by atoms with E-state index in [4.69, 9.17) is 0 Å².